The first kappa shape index (κ1) is 16.6. The molecule has 2 rings (SSSR count). The second kappa shape index (κ2) is 6.99. The topological polar surface area (TPSA) is 12.0 Å². The Kier molecular flexibility index (Phi) is 5.53. The summed E-state index contributed by atoms with van der Waals surface area (Å²) >= 11 is 5.27. The largest absolute Gasteiger partial charge is 0.301 e. The van der Waals surface area contributed by atoms with Crippen molar-refractivity contribution in [3.05, 3.63) is 64.1 Å². The molecule has 0 radical (unpaired) electrons. The van der Waals surface area contributed by atoms with E-state index < -0.39 is 0 Å². The first-order chi connectivity index (χ1) is 9.92. The van der Waals surface area contributed by atoms with E-state index in [4.69, 9.17) is 0 Å². The predicted octanol–water partition coefficient (Wildman–Crippen LogP) is 5.76. The van der Waals surface area contributed by atoms with Crippen molar-refractivity contribution in [3.8, 4) is 0 Å². The molecule has 2 aromatic carbocycles. The summed E-state index contributed by atoms with van der Waals surface area (Å²) in [4.78, 5) is 1.30. The van der Waals surface area contributed by atoms with Crippen molar-refractivity contribution in [1.82, 2.24) is 5.32 Å². The highest BCUT2D eigenvalue weighted by atomic mass is 79.9. The molecule has 0 amide bonds. The molecule has 0 aliphatic heterocycles. The molecule has 0 saturated carbocycles. The quantitative estimate of drug-likeness (QED) is 0.677. The van der Waals surface area contributed by atoms with Gasteiger partial charge in [-0.3, -0.25) is 0 Å². The summed E-state index contributed by atoms with van der Waals surface area (Å²) in [6, 6.07) is 17.6. The second-order valence-corrected chi connectivity index (χ2v) is 7.57. The third-order valence-electron chi connectivity index (χ3n) is 3.76. The van der Waals surface area contributed by atoms with Crippen molar-refractivity contribution in [2.45, 2.75) is 37.2 Å². The minimum Gasteiger partial charge on any atom is -0.301 e. The van der Waals surface area contributed by atoms with Gasteiger partial charge in [-0.2, -0.15) is 0 Å². The van der Waals surface area contributed by atoms with E-state index >= 15 is 0 Å². The first-order valence-corrected chi connectivity index (χ1v) is 9.12. The van der Waals surface area contributed by atoms with E-state index in [0.29, 0.717) is 6.04 Å². The Morgan fingerprint density at radius 1 is 1.00 bits per heavy atom. The highest BCUT2D eigenvalue weighted by molar-refractivity contribution is 9.10. The molecule has 1 unspecified atom stereocenters. The Labute approximate surface area is 140 Å². The van der Waals surface area contributed by atoms with Crippen LogP contribution in [0.3, 0.4) is 0 Å². The van der Waals surface area contributed by atoms with Crippen LogP contribution >= 0.6 is 27.7 Å². The van der Waals surface area contributed by atoms with Gasteiger partial charge in [0.15, 0.2) is 0 Å². The molecule has 0 fully saturated rings. The lowest BCUT2D eigenvalue weighted by Crippen LogP contribution is -2.38. The molecule has 0 heterocycles. The van der Waals surface area contributed by atoms with Gasteiger partial charge in [-0.1, -0.05) is 40.2 Å². The lowest BCUT2D eigenvalue weighted by Gasteiger charge is -2.31. The zero-order chi connectivity index (χ0) is 15.5. The number of nitrogens with one attached hydrogen (secondary N) is 1. The molecular weight excluding hydrogens is 342 g/mol. The second-order valence-electron chi connectivity index (χ2n) is 5.77. The lowest BCUT2D eigenvalue weighted by molar-refractivity contribution is 0.357. The van der Waals surface area contributed by atoms with Crippen LogP contribution in [0.2, 0.25) is 0 Å². The summed E-state index contributed by atoms with van der Waals surface area (Å²) in [6.07, 6.45) is 2.10. The third-order valence-corrected chi connectivity index (χ3v) is 5.03. The SMILES string of the molecule is CSc1ccc(C(C)NC(C)(C)c2ccc(Br)cc2)cc1. The molecule has 1 N–H and O–H groups in total. The summed E-state index contributed by atoms with van der Waals surface area (Å²) < 4.78 is 1.11. The minimum atomic E-state index is -0.0711. The van der Waals surface area contributed by atoms with Crippen LogP contribution in [0.15, 0.2) is 57.9 Å². The molecular formula is C18H22BrNS. The zero-order valence-electron chi connectivity index (χ0n) is 13.0. The van der Waals surface area contributed by atoms with Crippen molar-refractivity contribution in [1.29, 1.82) is 0 Å². The summed E-state index contributed by atoms with van der Waals surface area (Å²) in [5, 5.41) is 3.72. The summed E-state index contributed by atoms with van der Waals surface area (Å²) in [5.41, 5.74) is 2.54. The Morgan fingerprint density at radius 2 is 1.57 bits per heavy atom. The van der Waals surface area contributed by atoms with Crippen LogP contribution in [0.25, 0.3) is 0 Å². The van der Waals surface area contributed by atoms with E-state index in [1.807, 2.05) is 0 Å². The zero-order valence-corrected chi connectivity index (χ0v) is 15.4. The average molecular weight is 364 g/mol. The molecule has 2 aromatic rings. The summed E-state index contributed by atoms with van der Waals surface area (Å²) in [5.74, 6) is 0. The van der Waals surface area contributed by atoms with Gasteiger partial charge >= 0.3 is 0 Å². The molecule has 1 atom stereocenters. The van der Waals surface area contributed by atoms with Gasteiger partial charge in [-0.05, 0) is 62.4 Å². The van der Waals surface area contributed by atoms with Gasteiger partial charge in [0, 0.05) is 20.9 Å². The molecule has 3 heteroatoms. The van der Waals surface area contributed by atoms with E-state index in [1.54, 1.807) is 11.8 Å². The predicted molar refractivity (Wildman–Crippen MR) is 96.9 cm³/mol. The maximum atomic E-state index is 3.72. The fraction of sp³-hybridized carbons (Fsp3) is 0.333. The maximum absolute atomic E-state index is 3.72. The standard InChI is InChI=1S/C18H22BrNS/c1-13(14-5-11-17(21-4)12-6-14)20-18(2,3)15-7-9-16(19)10-8-15/h5-13,20H,1-4H3. The molecule has 0 aromatic heterocycles. The number of benzene rings is 2. The van der Waals surface area contributed by atoms with Crippen LogP contribution in [0.1, 0.15) is 37.9 Å². The molecule has 0 bridgehead atoms. The number of thioether (sulfide) groups is 1. The molecule has 1 nitrogen and oxygen atoms in total. The number of hydrogen-bond donors (Lipinski definition) is 1. The summed E-state index contributed by atoms with van der Waals surface area (Å²) in [7, 11) is 0. The average Bonchev–Trinajstić information content (AvgIpc) is 2.47. The fourth-order valence-corrected chi connectivity index (χ4v) is 3.14. The third kappa shape index (κ3) is 4.35. The van der Waals surface area contributed by atoms with Crippen molar-refractivity contribution < 1.29 is 0 Å². The number of halogens is 1. The Hall–Kier alpha value is -0.770. The molecule has 0 spiro atoms. The van der Waals surface area contributed by atoms with Crippen molar-refractivity contribution in [2.24, 2.45) is 0 Å². The van der Waals surface area contributed by atoms with Gasteiger partial charge in [-0.15, -0.1) is 11.8 Å². The smallest absolute Gasteiger partial charge is 0.0382 e. The molecule has 112 valence electrons. The minimum absolute atomic E-state index is 0.0711. The van der Waals surface area contributed by atoms with Crippen LogP contribution in [0.4, 0.5) is 0 Å². The molecule has 0 aliphatic carbocycles. The van der Waals surface area contributed by atoms with Crippen LogP contribution in [-0.2, 0) is 5.54 Å². The normalized spacial score (nSPS) is 13.2. The van der Waals surface area contributed by atoms with Crippen molar-refractivity contribution >= 4 is 27.7 Å². The highest BCUT2D eigenvalue weighted by Crippen LogP contribution is 2.27. The lowest BCUT2D eigenvalue weighted by atomic mass is 9.92. The highest BCUT2D eigenvalue weighted by Gasteiger charge is 2.22. The van der Waals surface area contributed by atoms with E-state index in [2.05, 4.69) is 96.8 Å². The Bertz CT molecular complexity index is 575. The molecule has 0 saturated heterocycles. The monoisotopic (exact) mass is 363 g/mol. The van der Waals surface area contributed by atoms with Crippen LogP contribution in [-0.4, -0.2) is 6.26 Å². The number of rotatable bonds is 5. The first-order valence-electron chi connectivity index (χ1n) is 7.10. The van der Waals surface area contributed by atoms with Crippen LogP contribution < -0.4 is 5.32 Å². The van der Waals surface area contributed by atoms with Gasteiger partial charge in [0.25, 0.3) is 0 Å². The van der Waals surface area contributed by atoms with E-state index in [0.717, 1.165) is 4.47 Å². The van der Waals surface area contributed by atoms with E-state index in [1.165, 1.54) is 16.0 Å². The Morgan fingerprint density at radius 3 is 2.10 bits per heavy atom. The Balaban J connectivity index is 2.12. The van der Waals surface area contributed by atoms with Gasteiger partial charge < -0.3 is 5.32 Å². The summed E-state index contributed by atoms with van der Waals surface area (Å²) in [6.45, 7) is 6.67. The van der Waals surface area contributed by atoms with Gasteiger partial charge in [-0.25, -0.2) is 0 Å². The van der Waals surface area contributed by atoms with Crippen LogP contribution in [0.5, 0.6) is 0 Å². The van der Waals surface area contributed by atoms with Gasteiger partial charge in [0.2, 0.25) is 0 Å². The van der Waals surface area contributed by atoms with Gasteiger partial charge in [0.1, 0.15) is 0 Å². The number of hydrogen-bond acceptors (Lipinski definition) is 2. The molecule has 0 aliphatic rings. The van der Waals surface area contributed by atoms with Crippen molar-refractivity contribution in [3.63, 3.8) is 0 Å². The van der Waals surface area contributed by atoms with Crippen molar-refractivity contribution in [2.75, 3.05) is 6.26 Å². The molecule has 21 heavy (non-hydrogen) atoms. The van der Waals surface area contributed by atoms with E-state index in [9.17, 15) is 0 Å². The van der Waals surface area contributed by atoms with Gasteiger partial charge in [0.05, 0.1) is 0 Å². The maximum Gasteiger partial charge on any atom is 0.0382 e. The van der Waals surface area contributed by atoms with Crippen LogP contribution in [0, 0.1) is 0 Å². The fourth-order valence-electron chi connectivity index (χ4n) is 2.47. The van der Waals surface area contributed by atoms with E-state index in [-0.39, 0.29) is 5.54 Å².